The van der Waals surface area contributed by atoms with Crippen LogP contribution >= 0.6 is 0 Å². The number of nitrogens with zero attached hydrogens (tertiary/aromatic N) is 1. The van der Waals surface area contributed by atoms with Gasteiger partial charge in [0.2, 0.25) is 5.43 Å². The molecule has 3 aromatic rings. The van der Waals surface area contributed by atoms with Crippen LogP contribution in [-0.4, -0.2) is 15.6 Å². The van der Waals surface area contributed by atoms with Crippen molar-refractivity contribution in [1.29, 1.82) is 0 Å². The van der Waals surface area contributed by atoms with Crippen molar-refractivity contribution in [1.82, 2.24) is 4.57 Å². The molecule has 4 N–H and O–H groups in total. The molecular weight excluding hydrogens is 337 g/mol. The number of carboxylic acid groups (broad SMARTS) is 1. The highest BCUT2D eigenvalue weighted by molar-refractivity contribution is 6.01. The Morgan fingerprint density at radius 2 is 1.96 bits per heavy atom. The van der Waals surface area contributed by atoms with E-state index in [4.69, 9.17) is 5.73 Å². The Hall–Kier alpha value is -3.35. The lowest BCUT2D eigenvalue weighted by atomic mass is 10.1. The van der Waals surface area contributed by atoms with Gasteiger partial charge in [-0.05, 0) is 31.0 Å². The summed E-state index contributed by atoms with van der Waals surface area (Å²) >= 11 is 0. The molecule has 1 fully saturated rings. The minimum atomic E-state index is -1.34. The first-order chi connectivity index (χ1) is 12.5. The highest BCUT2D eigenvalue weighted by atomic mass is 19.1. The van der Waals surface area contributed by atoms with Crippen LogP contribution < -0.4 is 16.5 Å². The Kier molecular flexibility index (Phi) is 3.64. The van der Waals surface area contributed by atoms with E-state index in [0.717, 1.165) is 18.9 Å². The van der Waals surface area contributed by atoms with E-state index in [-0.39, 0.29) is 28.4 Å². The first kappa shape index (κ1) is 16.1. The summed E-state index contributed by atoms with van der Waals surface area (Å²) in [7, 11) is 0. The third kappa shape index (κ3) is 2.57. The van der Waals surface area contributed by atoms with E-state index < -0.39 is 17.2 Å². The van der Waals surface area contributed by atoms with Crippen molar-refractivity contribution in [2.75, 3.05) is 11.1 Å². The van der Waals surface area contributed by atoms with Gasteiger partial charge < -0.3 is 20.7 Å². The van der Waals surface area contributed by atoms with E-state index >= 15 is 0 Å². The zero-order valence-corrected chi connectivity index (χ0v) is 13.7. The van der Waals surface area contributed by atoms with Crippen molar-refractivity contribution in [2.45, 2.75) is 18.9 Å². The minimum absolute atomic E-state index is 0.0228. The number of hydrogen-bond donors (Lipinski definition) is 3. The van der Waals surface area contributed by atoms with Gasteiger partial charge in [-0.1, -0.05) is 18.2 Å². The first-order valence-corrected chi connectivity index (χ1v) is 8.19. The zero-order valence-electron chi connectivity index (χ0n) is 13.7. The van der Waals surface area contributed by atoms with E-state index in [1.807, 2.05) is 6.07 Å². The maximum atomic E-state index is 14.7. The Morgan fingerprint density at radius 1 is 1.27 bits per heavy atom. The number of hydrogen-bond acceptors (Lipinski definition) is 4. The number of nitrogens with one attached hydrogen (secondary N) is 1. The van der Waals surface area contributed by atoms with Gasteiger partial charge in [0.25, 0.3) is 0 Å². The van der Waals surface area contributed by atoms with E-state index in [9.17, 15) is 19.1 Å². The third-order valence-electron chi connectivity index (χ3n) is 4.52. The fraction of sp³-hybridized carbons (Fsp3) is 0.158. The minimum Gasteiger partial charge on any atom is -0.477 e. The van der Waals surface area contributed by atoms with Crippen LogP contribution in [0.5, 0.6) is 0 Å². The van der Waals surface area contributed by atoms with Crippen molar-refractivity contribution in [3.63, 3.8) is 0 Å². The summed E-state index contributed by atoms with van der Waals surface area (Å²) in [6, 6.07) is 10.1. The number of fused-ring (bicyclic) bond motifs is 1. The van der Waals surface area contributed by atoms with Gasteiger partial charge in [-0.15, -0.1) is 0 Å². The van der Waals surface area contributed by atoms with Gasteiger partial charge in [0.1, 0.15) is 17.1 Å². The molecule has 0 unspecified atom stereocenters. The monoisotopic (exact) mass is 353 g/mol. The van der Waals surface area contributed by atoms with Crippen LogP contribution in [0.2, 0.25) is 0 Å². The van der Waals surface area contributed by atoms with Gasteiger partial charge in [-0.2, -0.15) is 0 Å². The molecule has 1 aromatic heterocycles. The highest BCUT2D eigenvalue weighted by Gasteiger charge is 2.29. The molecule has 0 atom stereocenters. The van der Waals surface area contributed by atoms with Crippen LogP contribution in [0.15, 0.2) is 47.4 Å². The quantitative estimate of drug-likeness (QED) is 0.624. The number of rotatable bonds is 4. The van der Waals surface area contributed by atoms with Crippen LogP contribution in [0.3, 0.4) is 0 Å². The molecule has 0 amide bonds. The molecule has 1 aliphatic rings. The van der Waals surface area contributed by atoms with Crippen LogP contribution in [-0.2, 0) is 0 Å². The number of nitrogen functional groups attached to an aromatic ring is 1. The average molecular weight is 353 g/mol. The molecule has 1 heterocycles. The number of benzene rings is 2. The zero-order chi connectivity index (χ0) is 18.4. The van der Waals surface area contributed by atoms with Gasteiger partial charge in [0, 0.05) is 17.9 Å². The van der Waals surface area contributed by atoms with Crippen molar-refractivity contribution in [3.8, 4) is 0 Å². The predicted molar refractivity (Wildman–Crippen MR) is 97.5 cm³/mol. The summed E-state index contributed by atoms with van der Waals surface area (Å²) in [5.74, 6) is -2.04. The highest BCUT2D eigenvalue weighted by Crippen LogP contribution is 2.40. The second kappa shape index (κ2) is 5.87. The normalized spacial score (nSPS) is 13.7. The summed E-state index contributed by atoms with van der Waals surface area (Å²) in [6.45, 7) is 0. The second-order valence-corrected chi connectivity index (χ2v) is 6.35. The first-order valence-electron chi connectivity index (χ1n) is 8.19. The topological polar surface area (TPSA) is 97.3 Å². The Morgan fingerprint density at radius 3 is 2.58 bits per heavy atom. The summed E-state index contributed by atoms with van der Waals surface area (Å²) in [5, 5.41) is 12.2. The maximum Gasteiger partial charge on any atom is 0.341 e. The van der Waals surface area contributed by atoms with Crippen LogP contribution in [0.1, 0.15) is 29.2 Å². The molecule has 0 aliphatic heterocycles. The molecule has 0 saturated heterocycles. The smallest absolute Gasteiger partial charge is 0.341 e. The second-order valence-electron chi connectivity index (χ2n) is 6.35. The van der Waals surface area contributed by atoms with E-state index in [1.165, 1.54) is 6.20 Å². The number of carboxylic acids is 1. The standard InChI is InChI=1S/C19H16FN3O3/c20-14-8-12-17(15(21)16(14)22-10-4-2-1-3-5-10)23(11-6-7-11)9-13(18(12)24)19(25)26/h1-5,8-9,11,22H,6-7,21H2,(H,25,26). The molecule has 26 heavy (non-hydrogen) atoms. The number of halogens is 1. The number of nitrogens with two attached hydrogens (primary N) is 1. The molecule has 6 nitrogen and oxygen atoms in total. The molecular formula is C19H16FN3O3. The molecule has 2 aromatic carbocycles. The summed E-state index contributed by atoms with van der Waals surface area (Å²) in [5.41, 5.74) is 6.28. The molecule has 4 rings (SSSR count). The molecule has 0 spiro atoms. The maximum absolute atomic E-state index is 14.7. The van der Waals surface area contributed by atoms with E-state index in [1.54, 1.807) is 28.8 Å². The number of pyridine rings is 1. The van der Waals surface area contributed by atoms with Crippen LogP contribution in [0.4, 0.5) is 21.5 Å². The van der Waals surface area contributed by atoms with Crippen molar-refractivity contribution in [2.24, 2.45) is 0 Å². The fourth-order valence-corrected chi connectivity index (χ4v) is 3.10. The van der Waals surface area contributed by atoms with Gasteiger partial charge in [-0.3, -0.25) is 4.79 Å². The SMILES string of the molecule is Nc1c(Nc2ccccc2)c(F)cc2c(=O)c(C(=O)O)cn(C3CC3)c12. The van der Waals surface area contributed by atoms with Gasteiger partial charge in [0.15, 0.2) is 0 Å². The molecule has 0 bridgehead atoms. The van der Waals surface area contributed by atoms with E-state index in [0.29, 0.717) is 11.2 Å². The summed E-state index contributed by atoms with van der Waals surface area (Å²) < 4.78 is 16.4. The summed E-state index contributed by atoms with van der Waals surface area (Å²) in [4.78, 5) is 23.9. The van der Waals surface area contributed by atoms with Crippen molar-refractivity contribution < 1.29 is 14.3 Å². The molecule has 1 saturated carbocycles. The molecule has 0 radical (unpaired) electrons. The predicted octanol–water partition coefficient (Wildman–Crippen LogP) is 3.50. The molecule has 132 valence electrons. The number of aromatic carboxylic acids is 1. The Labute approximate surface area is 147 Å². The fourth-order valence-electron chi connectivity index (χ4n) is 3.10. The largest absolute Gasteiger partial charge is 0.477 e. The van der Waals surface area contributed by atoms with Crippen LogP contribution in [0.25, 0.3) is 10.9 Å². The summed E-state index contributed by atoms with van der Waals surface area (Å²) in [6.07, 6.45) is 3.02. The van der Waals surface area contributed by atoms with Gasteiger partial charge in [-0.25, -0.2) is 9.18 Å². The van der Waals surface area contributed by atoms with Crippen LogP contribution in [0, 0.1) is 5.82 Å². The van der Waals surface area contributed by atoms with Gasteiger partial charge >= 0.3 is 5.97 Å². The molecule has 7 heteroatoms. The number of carbonyl (C=O) groups is 1. The third-order valence-corrected chi connectivity index (χ3v) is 4.52. The number of aromatic nitrogens is 1. The Balaban J connectivity index is 2.00. The number of anilines is 3. The number of para-hydroxylation sites is 1. The lowest BCUT2D eigenvalue weighted by Gasteiger charge is -2.17. The lowest BCUT2D eigenvalue weighted by Crippen LogP contribution is -2.20. The van der Waals surface area contributed by atoms with Crippen molar-refractivity contribution in [3.05, 3.63) is 64.2 Å². The Bertz CT molecular complexity index is 1090. The van der Waals surface area contributed by atoms with Crippen molar-refractivity contribution >= 4 is 33.9 Å². The molecule has 1 aliphatic carbocycles. The van der Waals surface area contributed by atoms with Gasteiger partial charge in [0.05, 0.1) is 16.6 Å². The van der Waals surface area contributed by atoms with E-state index in [2.05, 4.69) is 5.32 Å². The average Bonchev–Trinajstić information content (AvgIpc) is 3.45. The lowest BCUT2D eigenvalue weighted by molar-refractivity contribution is 0.0695.